The summed E-state index contributed by atoms with van der Waals surface area (Å²) in [5.41, 5.74) is 2.08. The molecule has 4 nitrogen and oxygen atoms in total. The lowest BCUT2D eigenvalue weighted by molar-refractivity contribution is 0.432. The zero-order chi connectivity index (χ0) is 18.1. The first kappa shape index (κ1) is 16.7. The topological polar surface area (TPSA) is 62.8 Å². The van der Waals surface area contributed by atoms with Crippen molar-refractivity contribution in [3.8, 4) is 5.75 Å². The van der Waals surface area contributed by atoms with Crippen molar-refractivity contribution in [2.24, 2.45) is 4.99 Å². The fourth-order valence-electron chi connectivity index (χ4n) is 3.08. The van der Waals surface area contributed by atoms with E-state index in [0.29, 0.717) is 17.9 Å². The number of hydrogen-bond acceptors (Lipinski definition) is 5. The SMILES string of the molecule is Cc1cc(O)c(C2=Nc3ccccc3SC(c3ccccc3)C2)c(=O)o1. The standard InChI is InChI=1S/C21H17NO3S/c1-13-11-17(23)20(21(24)25-13)16-12-19(14-7-3-2-4-8-14)26-18-10-6-5-9-15(18)22-16/h2-11,19,23H,12H2,1H3. The van der Waals surface area contributed by atoms with Gasteiger partial charge >= 0.3 is 5.63 Å². The van der Waals surface area contributed by atoms with Gasteiger partial charge in [0.15, 0.2) is 0 Å². The molecule has 1 aliphatic rings. The van der Waals surface area contributed by atoms with Crippen LogP contribution in [-0.2, 0) is 0 Å². The first-order valence-corrected chi connectivity index (χ1v) is 9.22. The third-order valence-corrected chi connectivity index (χ3v) is 5.61. The second-order valence-electron chi connectivity index (χ2n) is 6.15. The molecule has 1 aromatic heterocycles. The third-order valence-electron chi connectivity index (χ3n) is 4.28. The molecule has 0 spiro atoms. The maximum atomic E-state index is 12.4. The van der Waals surface area contributed by atoms with Crippen molar-refractivity contribution in [3.05, 3.63) is 88.0 Å². The fraction of sp³-hybridized carbons (Fsp3) is 0.143. The van der Waals surface area contributed by atoms with E-state index in [1.54, 1.807) is 18.7 Å². The Morgan fingerprint density at radius 2 is 1.85 bits per heavy atom. The number of thioether (sulfide) groups is 1. The predicted octanol–water partition coefficient (Wildman–Crippen LogP) is 5.01. The van der Waals surface area contributed by atoms with Crippen LogP contribution in [0, 0.1) is 6.92 Å². The minimum absolute atomic E-state index is 0.0821. The highest BCUT2D eigenvalue weighted by Gasteiger charge is 2.26. The Hall–Kier alpha value is -2.79. The smallest absolute Gasteiger partial charge is 0.348 e. The molecular weight excluding hydrogens is 346 g/mol. The number of nitrogens with zero attached hydrogens (tertiary/aromatic N) is 1. The number of fused-ring (bicyclic) bond motifs is 1. The van der Waals surface area contributed by atoms with Crippen LogP contribution in [0.3, 0.4) is 0 Å². The van der Waals surface area contributed by atoms with Crippen molar-refractivity contribution in [2.45, 2.75) is 23.5 Å². The van der Waals surface area contributed by atoms with Crippen LogP contribution in [-0.4, -0.2) is 10.8 Å². The average molecular weight is 363 g/mol. The Morgan fingerprint density at radius 1 is 1.12 bits per heavy atom. The Bertz CT molecular complexity index is 1040. The Kier molecular flexibility index (Phi) is 4.39. The van der Waals surface area contributed by atoms with E-state index in [9.17, 15) is 9.90 Å². The van der Waals surface area contributed by atoms with E-state index in [1.807, 2.05) is 42.5 Å². The van der Waals surface area contributed by atoms with Crippen LogP contribution in [0.25, 0.3) is 0 Å². The van der Waals surface area contributed by atoms with E-state index < -0.39 is 5.63 Å². The highest BCUT2D eigenvalue weighted by molar-refractivity contribution is 7.99. The molecule has 5 heteroatoms. The fourth-order valence-corrected chi connectivity index (χ4v) is 4.32. The molecule has 1 N–H and O–H groups in total. The van der Waals surface area contributed by atoms with Gasteiger partial charge in [0.1, 0.15) is 17.1 Å². The average Bonchev–Trinajstić information content (AvgIpc) is 2.81. The molecule has 1 aliphatic heterocycles. The van der Waals surface area contributed by atoms with E-state index in [0.717, 1.165) is 16.1 Å². The third kappa shape index (κ3) is 3.18. The maximum absolute atomic E-state index is 12.4. The van der Waals surface area contributed by atoms with Crippen molar-refractivity contribution < 1.29 is 9.52 Å². The minimum atomic E-state index is -0.558. The lowest BCUT2D eigenvalue weighted by Gasteiger charge is -2.16. The first-order chi connectivity index (χ1) is 12.6. The molecule has 3 aromatic rings. The quantitative estimate of drug-likeness (QED) is 0.695. The monoisotopic (exact) mass is 363 g/mol. The summed E-state index contributed by atoms with van der Waals surface area (Å²) in [5.74, 6) is 0.286. The highest BCUT2D eigenvalue weighted by atomic mass is 32.2. The summed E-state index contributed by atoms with van der Waals surface area (Å²) in [6.07, 6.45) is 0.519. The Morgan fingerprint density at radius 3 is 2.62 bits per heavy atom. The summed E-state index contributed by atoms with van der Waals surface area (Å²) in [5, 5.41) is 10.5. The van der Waals surface area contributed by atoms with Gasteiger partial charge in [-0.2, -0.15) is 0 Å². The highest BCUT2D eigenvalue weighted by Crippen LogP contribution is 2.45. The summed E-state index contributed by atoms with van der Waals surface area (Å²) >= 11 is 1.72. The predicted molar refractivity (Wildman–Crippen MR) is 104 cm³/mol. The molecule has 0 bridgehead atoms. The van der Waals surface area contributed by atoms with Gasteiger partial charge in [0.25, 0.3) is 0 Å². The van der Waals surface area contributed by atoms with E-state index in [1.165, 1.54) is 6.07 Å². The van der Waals surface area contributed by atoms with Gasteiger partial charge in [0, 0.05) is 22.6 Å². The number of aromatic hydroxyl groups is 1. The first-order valence-electron chi connectivity index (χ1n) is 8.34. The van der Waals surface area contributed by atoms with E-state index in [2.05, 4.69) is 12.1 Å². The molecule has 130 valence electrons. The van der Waals surface area contributed by atoms with Crippen LogP contribution in [0.2, 0.25) is 0 Å². The van der Waals surface area contributed by atoms with Crippen molar-refractivity contribution in [2.75, 3.05) is 0 Å². The van der Waals surface area contributed by atoms with Crippen LogP contribution in [0.5, 0.6) is 5.75 Å². The molecule has 2 aromatic carbocycles. The van der Waals surface area contributed by atoms with E-state index in [-0.39, 0.29) is 16.6 Å². The minimum Gasteiger partial charge on any atom is -0.507 e. The van der Waals surface area contributed by atoms with Gasteiger partial charge in [0.05, 0.1) is 11.4 Å². The summed E-state index contributed by atoms with van der Waals surface area (Å²) in [4.78, 5) is 18.2. The lowest BCUT2D eigenvalue weighted by atomic mass is 10.0. The van der Waals surface area contributed by atoms with Gasteiger partial charge in [-0.3, -0.25) is 4.99 Å². The van der Waals surface area contributed by atoms with Gasteiger partial charge in [0.2, 0.25) is 0 Å². The molecule has 1 atom stereocenters. The largest absolute Gasteiger partial charge is 0.507 e. The number of aryl methyl sites for hydroxylation is 1. The molecule has 0 fully saturated rings. The van der Waals surface area contributed by atoms with E-state index >= 15 is 0 Å². The Labute approximate surface area is 155 Å². The summed E-state index contributed by atoms with van der Waals surface area (Å²) < 4.78 is 5.21. The van der Waals surface area contributed by atoms with Crippen molar-refractivity contribution in [1.29, 1.82) is 0 Å². The van der Waals surface area contributed by atoms with E-state index in [4.69, 9.17) is 9.41 Å². The van der Waals surface area contributed by atoms with Gasteiger partial charge in [-0.1, -0.05) is 42.5 Å². The molecule has 0 saturated heterocycles. The molecule has 0 aliphatic carbocycles. The van der Waals surface area contributed by atoms with Crippen LogP contribution in [0.4, 0.5) is 5.69 Å². The number of hydrogen-bond donors (Lipinski definition) is 1. The molecule has 4 rings (SSSR count). The molecule has 1 unspecified atom stereocenters. The summed E-state index contributed by atoms with van der Waals surface area (Å²) in [6.45, 7) is 1.64. The van der Waals surface area contributed by atoms with Gasteiger partial charge < -0.3 is 9.52 Å². The summed E-state index contributed by atoms with van der Waals surface area (Å²) in [7, 11) is 0. The van der Waals surface area contributed by atoms with Gasteiger partial charge in [-0.25, -0.2) is 4.79 Å². The van der Waals surface area contributed by atoms with Crippen molar-refractivity contribution in [1.82, 2.24) is 0 Å². The van der Waals surface area contributed by atoms with Crippen LogP contribution in [0.15, 0.2) is 79.8 Å². The van der Waals surface area contributed by atoms with Crippen molar-refractivity contribution in [3.63, 3.8) is 0 Å². The molecule has 0 radical (unpaired) electrons. The summed E-state index contributed by atoms with van der Waals surface area (Å²) in [6, 6.07) is 19.4. The van der Waals surface area contributed by atoms with Crippen LogP contribution in [0.1, 0.15) is 28.6 Å². The molecular formula is C21H17NO3S. The second-order valence-corrected chi connectivity index (χ2v) is 7.40. The molecule has 2 heterocycles. The number of aliphatic imine (C=N–C) groups is 1. The second kappa shape index (κ2) is 6.84. The Balaban J connectivity index is 1.88. The maximum Gasteiger partial charge on any atom is 0.348 e. The zero-order valence-corrected chi connectivity index (χ0v) is 15.0. The van der Waals surface area contributed by atoms with Crippen LogP contribution < -0.4 is 5.63 Å². The lowest BCUT2D eigenvalue weighted by Crippen LogP contribution is -2.16. The molecule has 0 amide bonds. The normalized spacial score (nSPS) is 16.5. The number of para-hydroxylation sites is 1. The van der Waals surface area contributed by atoms with Crippen molar-refractivity contribution >= 4 is 23.2 Å². The van der Waals surface area contributed by atoms with Gasteiger partial charge in [-0.05, 0) is 24.6 Å². The van der Waals surface area contributed by atoms with Gasteiger partial charge in [-0.15, -0.1) is 11.8 Å². The molecule has 26 heavy (non-hydrogen) atoms. The number of benzene rings is 2. The number of rotatable bonds is 2. The van der Waals surface area contributed by atoms with Crippen LogP contribution >= 0.6 is 11.8 Å². The zero-order valence-electron chi connectivity index (χ0n) is 14.2. The molecule has 0 saturated carbocycles.